The Bertz CT molecular complexity index is 1250. The van der Waals surface area contributed by atoms with Crippen LogP contribution in [0.1, 0.15) is 27.8 Å². The van der Waals surface area contributed by atoms with Gasteiger partial charge in [-0.2, -0.15) is 18.3 Å². The van der Waals surface area contributed by atoms with Crippen molar-refractivity contribution < 1.29 is 41.8 Å². The number of H-pyrrole nitrogens is 1. The topological polar surface area (TPSA) is 154 Å². The Balaban J connectivity index is 0.000000745. The highest BCUT2D eigenvalue weighted by molar-refractivity contribution is 5.92. The summed E-state index contributed by atoms with van der Waals surface area (Å²) in [7, 11) is 3.30. The molecule has 1 aromatic carbocycles. The van der Waals surface area contributed by atoms with Gasteiger partial charge >= 0.3 is 12.1 Å². The van der Waals surface area contributed by atoms with Crippen molar-refractivity contribution in [1.82, 2.24) is 35.3 Å². The lowest BCUT2D eigenvalue weighted by molar-refractivity contribution is -0.192. The largest absolute Gasteiger partial charge is 0.490 e. The number of nitrogens with zero attached hydrogens (tertiary/aromatic N) is 5. The minimum Gasteiger partial charge on any atom is -0.475 e. The second-order valence-corrected chi connectivity index (χ2v) is 8.47. The molecule has 3 aromatic rings. The second-order valence-electron chi connectivity index (χ2n) is 8.47. The predicted molar refractivity (Wildman–Crippen MR) is 136 cm³/mol. The minimum atomic E-state index is -5.08. The maximum absolute atomic E-state index is 13.7. The number of aromatic amines is 1. The van der Waals surface area contributed by atoms with E-state index < -0.39 is 29.9 Å². The van der Waals surface area contributed by atoms with Crippen molar-refractivity contribution in [2.75, 3.05) is 40.3 Å². The van der Waals surface area contributed by atoms with Crippen LogP contribution < -0.4 is 5.32 Å². The van der Waals surface area contributed by atoms with Gasteiger partial charge in [0.15, 0.2) is 11.5 Å². The molecule has 0 saturated carbocycles. The Morgan fingerprint density at radius 3 is 2.34 bits per heavy atom. The number of halogens is 4. The fraction of sp³-hybridized carbons (Fsp3) is 0.360. The van der Waals surface area contributed by atoms with Crippen LogP contribution in [0.5, 0.6) is 0 Å². The third kappa shape index (κ3) is 10.9. The number of ether oxygens (including phenoxy) is 1. The van der Waals surface area contributed by atoms with Crippen LogP contribution in [-0.4, -0.2) is 99.4 Å². The first-order chi connectivity index (χ1) is 19.4. The number of carbonyl (C=O) groups is 3. The lowest BCUT2D eigenvalue weighted by atomic mass is 10.1. The summed E-state index contributed by atoms with van der Waals surface area (Å²) in [5, 5.41) is 15.9. The van der Waals surface area contributed by atoms with Crippen LogP contribution in [0.25, 0.3) is 0 Å². The molecule has 0 aliphatic carbocycles. The molecule has 2 amide bonds. The standard InChI is InChI=1S/C23H28FN7O3.C2HF3O2/c1-30(11-12-31(2)23(33)20-18(24)14-28-29-20)21(19-15-25-8-9-26-19)22(32)27-10-13-34-16-17-6-4-3-5-7-17;3-2(4,5)1(6)7/h3-9,14-15,21H,10-13,16H2,1-2H3,(H,27,32)(H,28,29);(H,6,7). The molecule has 3 N–H and O–H groups in total. The summed E-state index contributed by atoms with van der Waals surface area (Å²) in [5.41, 5.74) is 1.32. The number of hydrogen-bond acceptors (Lipinski definition) is 8. The molecular weight excluding hydrogens is 554 g/mol. The number of benzene rings is 1. The number of carboxylic acids is 1. The van der Waals surface area contributed by atoms with Gasteiger partial charge in [-0.15, -0.1) is 0 Å². The van der Waals surface area contributed by atoms with Crippen molar-refractivity contribution in [2.24, 2.45) is 0 Å². The van der Waals surface area contributed by atoms with Gasteiger partial charge in [0.2, 0.25) is 5.91 Å². The molecule has 3 rings (SSSR count). The predicted octanol–water partition coefficient (Wildman–Crippen LogP) is 2.05. The number of rotatable bonds is 12. The Kier molecular flexibility index (Phi) is 12.8. The van der Waals surface area contributed by atoms with Gasteiger partial charge < -0.3 is 20.1 Å². The fourth-order valence-corrected chi connectivity index (χ4v) is 3.27. The minimum absolute atomic E-state index is 0.205. The van der Waals surface area contributed by atoms with Crippen molar-refractivity contribution >= 4 is 17.8 Å². The Morgan fingerprint density at radius 2 is 1.78 bits per heavy atom. The van der Waals surface area contributed by atoms with Crippen LogP contribution in [0, 0.1) is 5.82 Å². The zero-order valence-electron chi connectivity index (χ0n) is 22.1. The molecule has 0 saturated heterocycles. The molecule has 1 atom stereocenters. The number of carbonyl (C=O) groups excluding carboxylic acids is 2. The number of amides is 2. The molecule has 0 spiro atoms. The van der Waals surface area contributed by atoms with E-state index in [1.807, 2.05) is 30.3 Å². The molecule has 41 heavy (non-hydrogen) atoms. The van der Waals surface area contributed by atoms with Gasteiger partial charge in [-0.1, -0.05) is 30.3 Å². The normalized spacial score (nSPS) is 11.8. The van der Waals surface area contributed by atoms with Gasteiger partial charge in [-0.05, 0) is 12.6 Å². The van der Waals surface area contributed by atoms with Gasteiger partial charge in [-0.25, -0.2) is 9.18 Å². The first-order valence-electron chi connectivity index (χ1n) is 12.0. The molecule has 16 heteroatoms. The number of nitrogens with one attached hydrogen (secondary N) is 2. The quantitative estimate of drug-likeness (QED) is 0.215. The Hall–Kier alpha value is -4.44. The summed E-state index contributed by atoms with van der Waals surface area (Å²) >= 11 is 0. The van der Waals surface area contributed by atoms with Crippen LogP contribution in [0.3, 0.4) is 0 Å². The van der Waals surface area contributed by atoms with E-state index in [-0.39, 0.29) is 18.1 Å². The van der Waals surface area contributed by atoms with E-state index in [4.69, 9.17) is 14.6 Å². The summed E-state index contributed by atoms with van der Waals surface area (Å²) in [4.78, 5) is 45.8. The fourth-order valence-electron chi connectivity index (χ4n) is 3.27. The van der Waals surface area contributed by atoms with Crippen molar-refractivity contribution in [1.29, 1.82) is 0 Å². The lowest BCUT2D eigenvalue weighted by Gasteiger charge is -2.28. The molecule has 222 valence electrons. The Morgan fingerprint density at radius 1 is 1.10 bits per heavy atom. The smallest absolute Gasteiger partial charge is 0.475 e. The van der Waals surface area contributed by atoms with Gasteiger partial charge in [0.25, 0.3) is 5.91 Å². The number of aromatic nitrogens is 4. The van der Waals surface area contributed by atoms with E-state index in [0.717, 1.165) is 11.8 Å². The zero-order chi connectivity index (χ0) is 30.4. The summed E-state index contributed by atoms with van der Waals surface area (Å²) in [5.74, 6) is -4.26. The van der Waals surface area contributed by atoms with Crippen molar-refractivity contribution in [3.05, 3.63) is 77.9 Å². The van der Waals surface area contributed by atoms with Crippen LogP contribution in [0.15, 0.2) is 55.1 Å². The average Bonchev–Trinajstić information content (AvgIpc) is 3.38. The van der Waals surface area contributed by atoms with Gasteiger partial charge in [0.05, 0.1) is 31.3 Å². The molecule has 0 radical (unpaired) electrons. The van der Waals surface area contributed by atoms with Gasteiger partial charge in [0.1, 0.15) is 6.04 Å². The average molecular weight is 584 g/mol. The maximum Gasteiger partial charge on any atom is 0.490 e. The summed E-state index contributed by atoms with van der Waals surface area (Å²) < 4.78 is 51.0. The summed E-state index contributed by atoms with van der Waals surface area (Å²) in [6, 6.07) is 9.04. The molecule has 0 bridgehead atoms. The van der Waals surface area contributed by atoms with E-state index in [0.29, 0.717) is 32.0 Å². The van der Waals surface area contributed by atoms with E-state index in [1.165, 1.54) is 23.5 Å². The second kappa shape index (κ2) is 16.0. The van der Waals surface area contributed by atoms with Crippen molar-refractivity contribution in [3.8, 4) is 0 Å². The van der Waals surface area contributed by atoms with Gasteiger partial charge in [0, 0.05) is 39.1 Å². The molecule has 0 aliphatic heterocycles. The maximum atomic E-state index is 13.7. The van der Waals surface area contributed by atoms with Crippen molar-refractivity contribution in [2.45, 2.75) is 18.8 Å². The first kappa shape index (κ1) is 32.8. The SMILES string of the molecule is CN(CCN(C)C(C(=O)NCCOCc1ccccc1)c1cnccn1)C(=O)c1[nH]ncc1F.O=C(O)C(F)(F)F. The van der Waals surface area contributed by atoms with E-state index in [1.54, 1.807) is 19.0 Å². The van der Waals surface area contributed by atoms with Crippen molar-refractivity contribution in [3.63, 3.8) is 0 Å². The highest BCUT2D eigenvalue weighted by Crippen LogP contribution is 2.17. The molecule has 2 aromatic heterocycles. The molecule has 12 nitrogen and oxygen atoms in total. The summed E-state index contributed by atoms with van der Waals surface area (Å²) in [6.45, 7) is 1.72. The first-order valence-corrected chi connectivity index (χ1v) is 12.0. The molecule has 2 heterocycles. The molecule has 0 aliphatic rings. The van der Waals surface area contributed by atoms with Crippen LogP contribution >= 0.6 is 0 Å². The highest BCUT2D eigenvalue weighted by Gasteiger charge is 2.38. The number of carboxylic acid groups (broad SMARTS) is 1. The zero-order valence-corrected chi connectivity index (χ0v) is 22.1. The van der Waals surface area contributed by atoms with E-state index >= 15 is 0 Å². The third-order valence-corrected chi connectivity index (χ3v) is 5.39. The van der Waals surface area contributed by atoms with Crippen LogP contribution in [-0.2, 0) is 20.9 Å². The molecular formula is C25H29F4N7O5. The third-order valence-electron chi connectivity index (χ3n) is 5.39. The lowest BCUT2D eigenvalue weighted by Crippen LogP contribution is -2.43. The highest BCUT2D eigenvalue weighted by atomic mass is 19.4. The summed E-state index contributed by atoms with van der Waals surface area (Å²) in [6.07, 6.45) is 0.442. The number of likely N-dealkylation sites (N-methyl/N-ethyl adjacent to an activating group) is 2. The number of aliphatic carboxylic acids is 1. The molecule has 0 fully saturated rings. The molecule has 1 unspecified atom stereocenters. The van der Waals surface area contributed by atoms with Crippen LogP contribution in [0.4, 0.5) is 17.6 Å². The van der Waals surface area contributed by atoms with E-state index in [9.17, 15) is 27.2 Å². The number of hydrogen-bond donors (Lipinski definition) is 3. The number of alkyl halides is 3. The Labute approximate surface area is 232 Å². The monoisotopic (exact) mass is 583 g/mol. The van der Waals surface area contributed by atoms with Crippen LogP contribution in [0.2, 0.25) is 0 Å². The van der Waals surface area contributed by atoms with E-state index in [2.05, 4.69) is 25.5 Å². The van der Waals surface area contributed by atoms with Gasteiger partial charge in [-0.3, -0.25) is 29.6 Å².